The Bertz CT molecular complexity index is 764. The smallest absolute Gasteiger partial charge is 0.278 e. The molecular formula is C16H21N5O2. The number of likely N-dealkylation sites (N-methyl/N-ethyl adjacent to an activating group) is 1. The van der Waals surface area contributed by atoms with Crippen LogP contribution in [0, 0.1) is 0 Å². The van der Waals surface area contributed by atoms with E-state index in [4.69, 9.17) is 0 Å². The minimum absolute atomic E-state index is 0.0488. The predicted molar refractivity (Wildman–Crippen MR) is 87.2 cm³/mol. The van der Waals surface area contributed by atoms with Crippen molar-refractivity contribution in [1.29, 1.82) is 0 Å². The number of hydrogen-bond acceptors (Lipinski definition) is 5. The zero-order chi connectivity index (χ0) is 16.4. The second-order valence-electron chi connectivity index (χ2n) is 5.91. The van der Waals surface area contributed by atoms with Crippen LogP contribution in [-0.2, 0) is 4.79 Å². The fourth-order valence-corrected chi connectivity index (χ4v) is 2.90. The van der Waals surface area contributed by atoms with Crippen LogP contribution >= 0.6 is 0 Å². The van der Waals surface area contributed by atoms with Crippen LogP contribution in [0.15, 0.2) is 29.1 Å². The van der Waals surface area contributed by atoms with Crippen LogP contribution in [0.2, 0.25) is 0 Å². The van der Waals surface area contributed by atoms with Crippen molar-refractivity contribution in [2.75, 3.05) is 33.2 Å². The molecule has 0 unspecified atom stereocenters. The molecule has 0 radical (unpaired) electrons. The Hall–Kier alpha value is -2.28. The lowest BCUT2D eigenvalue weighted by atomic mass is 10.1. The highest BCUT2D eigenvalue weighted by Gasteiger charge is 2.28. The van der Waals surface area contributed by atoms with E-state index >= 15 is 0 Å². The topological polar surface area (TPSA) is 71.3 Å². The molecule has 1 atom stereocenters. The van der Waals surface area contributed by atoms with Gasteiger partial charge in [-0.2, -0.15) is 4.68 Å². The number of piperazine rings is 1. The third kappa shape index (κ3) is 2.96. The number of benzene rings is 1. The van der Waals surface area contributed by atoms with Gasteiger partial charge in [-0.05, 0) is 25.6 Å². The number of amides is 1. The lowest BCUT2D eigenvalue weighted by molar-refractivity contribution is -0.137. The second-order valence-corrected chi connectivity index (χ2v) is 5.91. The Morgan fingerprint density at radius 3 is 2.61 bits per heavy atom. The van der Waals surface area contributed by atoms with Crippen molar-refractivity contribution in [2.45, 2.75) is 19.4 Å². The first kappa shape index (κ1) is 15.6. The third-order valence-corrected chi connectivity index (χ3v) is 4.37. The summed E-state index contributed by atoms with van der Waals surface area (Å²) in [6, 6.07) is 6.47. The Balaban J connectivity index is 1.93. The second kappa shape index (κ2) is 6.45. The summed E-state index contributed by atoms with van der Waals surface area (Å²) in [5, 5.41) is 8.58. The molecule has 0 N–H and O–H groups in total. The molecule has 1 fully saturated rings. The van der Waals surface area contributed by atoms with Crippen molar-refractivity contribution in [1.82, 2.24) is 24.8 Å². The van der Waals surface area contributed by atoms with Gasteiger partial charge in [-0.25, -0.2) is 0 Å². The van der Waals surface area contributed by atoms with Crippen molar-refractivity contribution in [3.05, 3.63) is 34.6 Å². The lowest BCUT2D eigenvalue weighted by Crippen LogP contribution is -2.50. The summed E-state index contributed by atoms with van der Waals surface area (Å²) in [5.74, 6) is -0.0488. The van der Waals surface area contributed by atoms with Crippen LogP contribution in [0.3, 0.4) is 0 Å². The number of nitrogens with zero attached hydrogens (tertiary/aromatic N) is 5. The molecule has 7 heteroatoms. The van der Waals surface area contributed by atoms with Crippen molar-refractivity contribution in [3.63, 3.8) is 0 Å². The molecule has 2 heterocycles. The van der Waals surface area contributed by atoms with Crippen LogP contribution in [0.4, 0.5) is 0 Å². The van der Waals surface area contributed by atoms with E-state index in [1.54, 1.807) is 18.2 Å². The average molecular weight is 315 g/mol. The molecule has 1 aliphatic heterocycles. The van der Waals surface area contributed by atoms with Crippen LogP contribution in [0.1, 0.15) is 19.4 Å². The monoisotopic (exact) mass is 315 g/mol. The highest BCUT2D eigenvalue weighted by Crippen LogP contribution is 2.15. The Labute approximate surface area is 134 Å². The Kier molecular flexibility index (Phi) is 4.38. The van der Waals surface area contributed by atoms with Crippen LogP contribution < -0.4 is 5.56 Å². The van der Waals surface area contributed by atoms with Gasteiger partial charge in [0.2, 0.25) is 5.91 Å². The van der Waals surface area contributed by atoms with Crippen LogP contribution in [0.25, 0.3) is 10.9 Å². The van der Waals surface area contributed by atoms with Gasteiger partial charge < -0.3 is 9.80 Å². The quantitative estimate of drug-likeness (QED) is 0.825. The Morgan fingerprint density at radius 2 is 1.91 bits per heavy atom. The summed E-state index contributed by atoms with van der Waals surface area (Å²) in [7, 11) is 2.04. The highest BCUT2D eigenvalue weighted by atomic mass is 16.2. The lowest BCUT2D eigenvalue weighted by Gasteiger charge is -2.34. The average Bonchev–Trinajstić information content (AvgIpc) is 2.58. The summed E-state index contributed by atoms with van der Waals surface area (Å²) >= 11 is 0. The standard InChI is InChI=1S/C16H21N5O2/c1-3-14(16(23)20-10-8-19(2)9-11-20)21-15(22)12-6-4-5-7-13(12)17-18-21/h4-7,14H,3,8-11H2,1-2H3/t14-/m0/s1. The molecule has 3 rings (SSSR count). The molecule has 0 aliphatic carbocycles. The Morgan fingerprint density at radius 1 is 1.22 bits per heavy atom. The molecule has 1 saturated heterocycles. The maximum absolute atomic E-state index is 12.8. The highest BCUT2D eigenvalue weighted by molar-refractivity contribution is 5.81. The van der Waals surface area contributed by atoms with E-state index in [0.717, 1.165) is 13.1 Å². The number of hydrogen-bond donors (Lipinski definition) is 0. The summed E-state index contributed by atoms with van der Waals surface area (Å²) in [6.07, 6.45) is 0.512. The minimum Gasteiger partial charge on any atom is -0.338 e. The number of fused-ring (bicyclic) bond motifs is 1. The van der Waals surface area contributed by atoms with E-state index in [-0.39, 0.29) is 11.5 Å². The van der Waals surface area contributed by atoms with E-state index in [1.165, 1.54) is 4.68 Å². The van der Waals surface area contributed by atoms with Gasteiger partial charge in [0.15, 0.2) is 0 Å². The predicted octanol–water partition coefficient (Wildman–Crippen LogP) is 0.517. The largest absolute Gasteiger partial charge is 0.338 e. The first-order chi connectivity index (χ1) is 11.1. The maximum atomic E-state index is 12.8. The van der Waals surface area contributed by atoms with Crippen molar-refractivity contribution < 1.29 is 4.79 Å². The van der Waals surface area contributed by atoms with E-state index in [9.17, 15) is 9.59 Å². The van der Waals surface area contributed by atoms with E-state index in [2.05, 4.69) is 15.2 Å². The SMILES string of the molecule is CC[C@@H](C(=O)N1CCN(C)CC1)n1nnc2ccccc2c1=O. The van der Waals surface area contributed by atoms with Crippen molar-refractivity contribution in [3.8, 4) is 0 Å². The summed E-state index contributed by atoms with van der Waals surface area (Å²) in [4.78, 5) is 29.5. The van der Waals surface area contributed by atoms with Gasteiger partial charge in [0, 0.05) is 26.2 Å². The molecule has 2 aromatic rings. The van der Waals surface area contributed by atoms with Crippen molar-refractivity contribution >= 4 is 16.8 Å². The van der Waals surface area contributed by atoms with Gasteiger partial charge >= 0.3 is 0 Å². The zero-order valence-electron chi connectivity index (χ0n) is 13.5. The molecular weight excluding hydrogens is 294 g/mol. The fourth-order valence-electron chi connectivity index (χ4n) is 2.90. The van der Waals surface area contributed by atoms with Gasteiger partial charge in [0.25, 0.3) is 5.56 Å². The number of carbonyl (C=O) groups is 1. The molecule has 0 spiro atoms. The van der Waals surface area contributed by atoms with Crippen LogP contribution in [0.5, 0.6) is 0 Å². The van der Waals surface area contributed by atoms with Gasteiger partial charge in [-0.15, -0.1) is 5.10 Å². The molecule has 23 heavy (non-hydrogen) atoms. The van der Waals surface area contributed by atoms with E-state index in [0.29, 0.717) is 30.4 Å². The molecule has 0 saturated carbocycles. The first-order valence-electron chi connectivity index (χ1n) is 7.93. The number of aromatic nitrogens is 3. The van der Waals surface area contributed by atoms with Gasteiger partial charge in [0.05, 0.1) is 5.39 Å². The van der Waals surface area contributed by atoms with E-state index in [1.807, 2.05) is 24.9 Å². The number of carbonyl (C=O) groups excluding carboxylic acids is 1. The molecule has 122 valence electrons. The molecule has 0 bridgehead atoms. The van der Waals surface area contributed by atoms with Gasteiger partial charge in [0.1, 0.15) is 11.6 Å². The maximum Gasteiger partial charge on any atom is 0.278 e. The van der Waals surface area contributed by atoms with Crippen LogP contribution in [-0.4, -0.2) is 63.9 Å². The van der Waals surface area contributed by atoms with Gasteiger partial charge in [-0.3, -0.25) is 9.59 Å². The third-order valence-electron chi connectivity index (χ3n) is 4.37. The summed E-state index contributed by atoms with van der Waals surface area (Å²) < 4.78 is 1.24. The molecule has 1 aromatic carbocycles. The molecule has 1 aliphatic rings. The van der Waals surface area contributed by atoms with Gasteiger partial charge in [-0.1, -0.05) is 24.3 Å². The summed E-state index contributed by atoms with van der Waals surface area (Å²) in [5.41, 5.74) is 0.292. The molecule has 1 aromatic heterocycles. The first-order valence-corrected chi connectivity index (χ1v) is 7.93. The normalized spacial score (nSPS) is 17.4. The number of rotatable bonds is 3. The summed E-state index contributed by atoms with van der Waals surface area (Å²) in [6.45, 7) is 4.95. The molecule has 7 nitrogen and oxygen atoms in total. The minimum atomic E-state index is -0.594. The molecule has 1 amide bonds. The van der Waals surface area contributed by atoms with E-state index < -0.39 is 6.04 Å². The van der Waals surface area contributed by atoms with Crippen molar-refractivity contribution in [2.24, 2.45) is 0 Å². The zero-order valence-corrected chi connectivity index (χ0v) is 13.5. The fraction of sp³-hybridized carbons (Fsp3) is 0.500.